The minimum Gasteiger partial charge on any atom is -0.481 e. The maximum atomic E-state index is 11.0. The van der Waals surface area contributed by atoms with E-state index in [1.165, 1.54) is 6.92 Å². The first kappa shape index (κ1) is 125. The van der Waals surface area contributed by atoms with Crippen LogP contribution in [0.1, 0.15) is 156 Å². The fourth-order valence-electron chi connectivity index (χ4n) is 9.49. The predicted molar refractivity (Wildman–Crippen MR) is 439 cm³/mol. The SMILES string of the molecule is C.C#CCCOCC(COC#N)(COCCC#N)OC(C)C.CC(=O)CCOCC(COCCC(=O)O)(COCCC(=O)O)OC(C)C.CCCOCC(COCCO)(COCCO)OC(C)C.CCCOCCOCC(COCCOCCO)(COCCOCCO)OC(C)C.CCCOCCOCC(COCCOCCO)OC(C)C. The summed E-state index contributed by atoms with van der Waals surface area (Å²) >= 11 is 0. The second kappa shape index (κ2) is 92.0. The zero-order valence-electron chi connectivity index (χ0n) is 73.4. The second-order valence-electron chi connectivity index (χ2n) is 27.6. The quantitative estimate of drug-likeness (QED) is 0.0213. The highest BCUT2D eigenvalue weighted by Gasteiger charge is 2.38. The first-order chi connectivity index (χ1) is 56.2. The number of rotatable bonds is 82. The Bertz CT molecular complexity index is 2100. The molecule has 0 aliphatic heterocycles. The van der Waals surface area contributed by atoms with Crippen LogP contribution in [0.25, 0.3) is 0 Å². The number of carboxylic acids is 2. The molecule has 0 rings (SSSR count). The van der Waals surface area contributed by atoms with Crippen molar-refractivity contribution in [2.24, 2.45) is 0 Å². The first-order valence-electron chi connectivity index (χ1n) is 40.7. The van der Waals surface area contributed by atoms with Gasteiger partial charge in [0.2, 0.25) is 0 Å². The zero-order chi connectivity index (χ0) is 88.6. The Labute approximate surface area is 706 Å². The Morgan fingerprint density at radius 1 is 0.331 bits per heavy atom. The molecule has 0 amide bonds. The topological polar surface area (TPSA) is 462 Å². The van der Waals surface area contributed by atoms with Crippen LogP contribution < -0.4 is 0 Å². The van der Waals surface area contributed by atoms with Crippen LogP contribution in [-0.4, -0.2) is 390 Å². The van der Waals surface area contributed by atoms with E-state index in [4.69, 9.17) is 166 Å². The number of ether oxygens (including phenoxy) is 24. The normalized spacial score (nSPS) is 12.3. The molecule has 702 valence electrons. The molecule has 0 aliphatic carbocycles. The molecule has 0 bridgehead atoms. The smallest absolute Gasteiger partial charge is 0.305 e. The van der Waals surface area contributed by atoms with Crippen molar-refractivity contribution in [3.8, 4) is 24.7 Å². The summed E-state index contributed by atoms with van der Waals surface area (Å²) < 4.78 is 133. The van der Waals surface area contributed by atoms with Crippen LogP contribution in [0.4, 0.5) is 0 Å². The van der Waals surface area contributed by atoms with Gasteiger partial charge in [0, 0.05) is 32.7 Å². The molecule has 0 spiro atoms. The maximum Gasteiger partial charge on any atom is 0.305 e. The van der Waals surface area contributed by atoms with Crippen molar-refractivity contribution in [3.05, 3.63) is 0 Å². The number of terminal acetylenes is 1. The molecule has 0 saturated carbocycles. The molecule has 2 unspecified atom stereocenters. The van der Waals surface area contributed by atoms with Crippen molar-refractivity contribution in [1.82, 2.24) is 0 Å². The number of carbonyl (C=O) groups excluding carboxylic acids is 1. The summed E-state index contributed by atoms with van der Waals surface area (Å²) in [7, 11) is 0. The molecule has 0 aliphatic rings. The summed E-state index contributed by atoms with van der Waals surface area (Å²) in [4.78, 5) is 32.2. The molecule has 118 heavy (non-hydrogen) atoms. The van der Waals surface area contributed by atoms with Gasteiger partial charge < -0.3 is 149 Å². The van der Waals surface area contributed by atoms with E-state index in [9.17, 15) is 14.4 Å². The molecule has 0 heterocycles. The van der Waals surface area contributed by atoms with Gasteiger partial charge in [-0.15, -0.1) is 12.3 Å². The summed E-state index contributed by atoms with van der Waals surface area (Å²) in [6.45, 7) is 39.0. The van der Waals surface area contributed by atoms with Crippen LogP contribution in [0.5, 0.6) is 0 Å². The molecular formula is C82H160N2O34. The fourth-order valence-corrected chi connectivity index (χ4v) is 9.49. The lowest BCUT2D eigenvalue weighted by atomic mass is 10.1. The first-order valence-corrected chi connectivity index (χ1v) is 40.7. The number of aliphatic carboxylic acids is 2. The van der Waals surface area contributed by atoms with Crippen LogP contribution in [0, 0.1) is 35.2 Å². The number of Topliss-reactive ketones (excluding diaryl/α,β-unsaturated/α-hetero) is 1. The molecule has 7 N–H and O–H groups in total. The third-order valence-corrected chi connectivity index (χ3v) is 13.8. The highest BCUT2D eigenvalue weighted by atomic mass is 16.6. The van der Waals surface area contributed by atoms with E-state index in [2.05, 4.69) is 19.8 Å². The van der Waals surface area contributed by atoms with E-state index >= 15 is 0 Å². The number of hydrogen-bond donors (Lipinski definition) is 7. The summed E-state index contributed by atoms with van der Waals surface area (Å²) in [5.74, 6) is 0.525. The van der Waals surface area contributed by atoms with Crippen molar-refractivity contribution in [3.63, 3.8) is 0 Å². The molecule has 0 saturated heterocycles. The van der Waals surface area contributed by atoms with Crippen molar-refractivity contribution >= 4 is 17.7 Å². The van der Waals surface area contributed by atoms with E-state index < -0.39 is 34.3 Å². The third-order valence-electron chi connectivity index (χ3n) is 13.8. The van der Waals surface area contributed by atoms with Gasteiger partial charge in [-0.2, -0.15) is 10.5 Å². The van der Waals surface area contributed by atoms with E-state index in [0.29, 0.717) is 125 Å². The molecule has 0 aromatic heterocycles. The Kier molecular flexibility index (Phi) is 97.2. The van der Waals surface area contributed by atoms with Gasteiger partial charge in [-0.3, -0.25) is 14.4 Å². The summed E-state index contributed by atoms with van der Waals surface area (Å²) in [5.41, 5.74) is -3.41. The molecule has 2 atom stereocenters. The molecular weight excluding hydrogens is 1560 g/mol. The van der Waals surface area contributed by atoms with Crippen molar-refractivity contribution in [1.29, 1.82) is 10.5 Å². The monoisotopic (exact) mass is 1720 g/mol. The van der Waals surface area contributed by atoms with Crippen LogP contribution in [0.2, 0.25) is 0 Å². The molecule has 36 nitrogen and oxygen atoms in total. The number of aliphatic hydroxyl groups excluding tert-OH is 5. The number of nitriles is 2. The average molecular weight is 1720 g/mol. The molecule has 0 aromatic rings. The summed E-state index contributed by atoms with van der Waals surface area (Å²) in [5, 5.41) is 78.2. The van der Waals surface area contributed by atoms with Gasteiger partial charge >= 0.3 is 11.9 Å². The minimum absolute atomic E-state index is 0. The molecule has 36 heteroatoms. The van der Waals surface area contributed by atoms with Gasteiger partial charge in [0.15, 0.2) is 0 Å². The number of carbonyl (C=O) groups is 3. The number of hydrogen-bond acceptors (Lipinski definition) is 34. The lowest BCUT2D eigenvalue weighted by molar-refractivity contribution is -0.188. The largest absolute Gasteiger partial charge is 0.481 e. The van der Waals surface area contributed by atoms with Crippen LogP contribution in [0.3, 0.4) is 0 Å². The highest BCUT2D eigenvalue weighted by molar-refractivity contribution is 5.75. The number of ketones is 1. The highest BCUT2D eigenvalue weighted by Crippen LogP contribution is 2.22. The Morgan fingerprint density at radius 2 is 0.576 bits per heavy atom. The van der Waals surface area contributed by atoms with Gasteiger partial charge in [0.1, 0.15) is 40.9 Å². The van der Waals surface area contributed by atoms with Crippen molar-refractivity contribution in [2.45, 2.75) is 215 Å². The van der Waals surface area contributed by atoms with E-state index in [1.54, 1.807) is 6.26 Å². The summed E-state index contributed by atoms with van der Waals surface area (Å²) in [6.07, 6.45) is 10.1. The van der Waals surface area contributed by atoms with Crippen LogP contribution >= 0.6 is 0 Å². The van der Waals surface area contributed by atoms with Crippen molar-refractivity contribution < 1.29 is 164 Å². The van der Waals surface area contributed by atoms with Crippen LogP contribution in [0.15, 0.2) is 0 Å². The number of aliphatic hydroxyl groups is 5. The van der Waals surface area contributed by atoms with Gasteiger partial charge in [-0.05, 0) is 95.4 Å². The Balaban J connectivity index is -0.000000334. The average Bonchev–Trinajstić information content (AvgIpc) is 0.880. The van der Waals surface area contributed by atoms with Gasteiger partial charge in [0.25, 0.3) is 6.26 Å². The lowest BCUT2D eigenvalue weighted by Gasteiger charge is -2.35. The lowest BCUT2D eigenvalue weighted by Crippen LogP contribution is -2.49. The van der Waals surface area contributed by atoms with E-state index in [1.807, 2.05) is 82.2 Å². The second-order valence-corrected chi connectivity index (χ2v) is 27.6. The fraction of sp³-hybridized carbons (Fsp3) is 0.915. The molecule has 0 aromatic carbocycles. The predicted octanol–water partition coefficient (Wildman–Crippen LogP) is 5.87. The van der Waals surface area contributed by atoms with Gasteiger partial charge in [-0.25, -0.2) is 0 Å². The minimum atomic E-state index is -1.03. The van der Waals surface area contributed by atoms with Gasteiger partial charge in [-0.1, -0.05) is 28.2 Å². The Morgan fingerprint density at radius 3 is 0.847 bits per heavy atom. The van der Waals surface area contributed by atoms with Crippen LogP contribution in [-0.2, 0) is 128 Å². The number of nitrogens with zero attached hydrogens (tertiary/aromatic N) is 2. The van der Waals surface area contributed by atoms with E-state index in [-0.39, 0.29) is 227 Å². The van der Waals surface area contributed by atoms with Gasteiger partial charge in [0.05, 0.1) is 307 Å². The number of carboxylic acid groups (broad SMARTS) is 2. The maximum absolute atomic E-state index is 11.0. The standard InChI is InChI=1S/C20H42O9.C17H30O9.C15H22N2O4.C15H32O6.C14H30O6.CH4/c1-4-7-23-10-13-26-16-20(29-19(2)3,17-27-14-11-24-8-5-21)18-28-15-12-25-9-6-22;1-13(2)26-17(10-23-7-4-14(3)18,11-24-8-5-15(19)20)12-25-9-6-16(21)22;1-4-5-8-18-10-15(12-20-13-17,21-14(2)3)11-19-9-6-7-16;1-4-6-17-8-10-19-12-15(21-14(2)3)13-20-11-9-18-7-5-16;1-4-7-17-10-14(20-13(2)3,11-18-8-5-15)12-19-9-6-16;/h19,21-22H,4-18H2,1-3H3;13H,4-12H2,1-3H3,(H,19,20)(H,21,22);1,14H,5-6,8-12H2,2-3H3;14-16H,4-13H2,1-3H3;13,15-16H,4-12H2,1-3H3;1H4. The summed E-state index contributed by atoms with van der Waals surface area (Å²) in [6, 6.07) is 1.99. The molecule has 0 fully saturated rings. The van der Waals surface area contributed by atoms with E-state index in [0.717, 1.165) is 25.9 Å². The zero-order valence-corrected chi connectivity index (χ0v) is 73.4. The third kappa shape index (κ3) is 89.6. The molecule has 0 radical (unpaired) electrons. The van der Waals surface area contributed by atoms with Crippen molar-refractivity contribution in [2.75, 3.05) is 277 Å². The Hall–Kier alpha value is -4.17.